The zero-order valence-corrected chi connectivity index (χ0v) is 15.4. The highest BCUT2D eigenvalue weighted by atomic mass is 19.2. The van der Waals surface area contributed by atoms with E-state index in [0.29, 0.717) is 5.89 Å². The van der Waals surface area contributed by atoms with Crippen LogP contribution in [0, 0.1) is 11.6 Å². The Balaban J connectivity index is 1.83. The predicted molar refractivity (Wildman–Crippen MR) is 96.9 cm³/mol. The maximum atomic E-state index is 13.7. The number of halogens is 2. The van der Waals surface area contributed by atoms with Crippen molar-refractivity contribution in [3.05, 3.63) is 71.6 Å². The SMILES string of the molecule is CCOC(=O)[C@H](c1ccc(F)c(F)c1)N(C)Cc1nnc(-c2ccccc2)o1. The lowest BCUT2D eigenvalue weighted by molar-refractivity contribution is -0.149. The second-order valence-corrected chi connectivity index (χ2v) is 6.11. The van der Waals surface area contributed by atoms with Gasteiger partial charge in [-0.1, -0.05) is 24.3 Å². The average Bonchev–Trinajstić information content (AvgIpc) is 3.14. The minimum Gasteiger partial charge on any atom is -0.465 e. The molecule has 0 fully saturated rings. The molecule has 28 heavy (non-hydrogen) atoms. The zero-order chi connectivity index (χ0) is 20.1. The molecule has 0 N–H and O–H groups in total. The molecule has 0 radical (unpaired) electrons. The largest absolute Gasteiger partial charge is 0.465 e. The Morgan fingerprint density at radius 1 is 1.14 bits per heavy atom. The number of likely N-dealkylation sites (N-methyl/N-ethyl adjacent to an activating group) is 1. The first-order valence-corrected chi connectivity index (χ1v) is 8.69. The highest BCUT2D eigenvalue weighted by molar-refractivity contribution is 5.77. The summed E-state index contributed by atoms with van der Waals surface area (Å²) in [6.45, 7) is 1.94. The zero-order valence-electron chi connectivity index (χ0n) is 15.4. The van der Waals surface area contributed by atoms with Crippen molar-refractivity contribution in [3.8, 4) is 11.5 Å². The summed E-state index contributed by atoms with van der Waals surface area (Å²) in [6, 6.07) is 11.6. The van der Waals surface area contributed by atoms with Crippen molar-refractivity contribution in [2.45, 2.75) is 19.5 Å². The molecule has 3 rings (SSSR count). The number of esters is 1. The van der Waals surface area contributed by atoms with Crippen molar-refractivity contribution in [2.75, 3.05) is 13.7 Å². The Morgan fingerprint density at radius 3 is 2.57 bits per heavy atom. The fraction of sp³-hybridized carbons (Fsp3) is 0.250. The molecule has 0 unspecified atom stereocenters. The van der Waals surface area contributed by atoms with Gasteiger partial charge in [0.1, 0.15) is 6.04 Å². The van der Waals surface area contributed by atoms with E-state index in [1.165, 1.54) is 6.07 Å². The molecule has 0 saturated heterocycles. The van der Waals surface area contributed by atoms with E-state index in [2.05, 4.69) is 10.2 Å². The molecular formula is C20H19F2N3O3. The first-order chi connectivity index (χ1) is 13.5. The van der Waals surface area contributed by atoms with E-state index >= 15 is 0 Å². The van der Waals surface area contributed by atoms with E-state index in [9.17, 15) is 13.6 Å². The van der Waals surface area contributed by atoms with E-state index in [-0.39, 0.29) is 24.6 Å². The summed E-state index contributed by atoms with van der Waals surface area (Å²) in [6.07, 6.45) is 0. The molecule has 6 nitrogen and oxygen atoms in total. The molecule has 2 aromatic carbocycles. The molecule has 146 valence electrons. The molecule has 0 aliphatic heterocycles. The first kappa shape index (κ1) is 19.6. The van der Waals surface area contributed by atoms with Crippen LogP contribution in [0.4, 0.5) is 8.78 Å². The normalized spacial score (nSPS) is 12.2. The molecule has 0 bridgehead atoms. The third-order valence-electron chi connectivity index (χ3n) is 4.08. The molecule has 0 spiro atoms. The van der Waals surface area contributed by atoms with Crippen molar-refractivity contribution in [1.82, 2.24) is 15.1 Å². The lowest BCUT2D eigenvalue weighted by atomic mass is 10.1. The minimum atomic E-state index is -1.04. The van der Waals surface area contributed by atoms with Gasteiger partial charge in [0.15, 0.2) is 11.6 Å². The Kier molecular flexibility index (Phi) is 6.10. The number of hydrogen-bond donors (Lipinski definition) is 0. The predicted octanol–water partition coefficient (Wildman–Crippen LogP) is 3.75. The quantitative estimate of drug-likeness (QED) is 0.575. The Bertz CT molecular complexity index is 947. The molecule has 0 saturated carbocycles. The lowest BCUT2D eigenvalue weighted by Crippen LogP contribution is -2.32. The lowest BCUT2D eigenvalue weighted by Gasteiger charge is -2.25. The van der Waals surface area contributed by atoms with E-state index in [4.69, 9.17) is 9.15 Å². The molecule has 8 heteroatoms. The van der Waals surface area contributed by atoms with E-state index in [1.807, 2.05) is 30.3 Å². The van der Waals surface area contributed by atoms with Gasteiger partial charge in [-0.2, -0.15) is 0 Å². The second-order valence-electron chi connectivity index (χ2n) is 6.11. The van der Waals surface area contributed by atoms with Crippen molar-refractivity contribution < 1.29 is 22.7 Å². The summed E-state index contributed by atoms with van der Waals surface area (Å²) in [5.41, 5.74) is 1.04. The van der Waals surface area contributed by atoms with Crippen molar-refractivity contribution in [2.24, 2.45) is 0 Å². The topological polar surface area (TPSA) is 68.5 Å². The summed E-state index contributed by atoms with van der Waals surface area (Å²) in [7, 11) is 1.63. The Hall–Kier alpha value is -3.13. The summed E-state index contributed by atoms with van der Waals surface area (Å²) in [5.74, 6) is -1.98. The van der Waals surface area contributed by atoms with Gasteiger partial charge in [-0.15, -0.1) is 10.2 Å². The van der Waals surface area contributed by atoms with Crippen LogP contribution in [0.2, 0.25) is 0 Å². The number of hydrogen-bond acceptors (Lipinski definition) is 6. The summed E-state index contributed by atoms with van der Waals surface area (Å²) < 4.78 is 37.7. The molecular weight excluding hydrogens is 368 g/mol. The van der Waals surface area contributed by atoms with Gasteiger partial charge in [0.25, 0.3) is 0 Å². The highest BCUT2D eigenvalue weighted by Gasteiger charge is 2.29. The third kappa shape index (κ3) is 4.40. The molecule has 0 amide bonds. The molecule has 0 aliphatic carbocycles. The maximum absolute atomic E-state index is 13.7. The fourth-order valence-electron chi connectivity index (χ4n) is 2.79. The van der Waals surface area contributed by atoms with Gasteiger partial charge in [0.05, 0.1) is 13.2 Å². The van der Waals surface area contributed by atoms with Crippen LogP contribution in [0.1, 0.15) is 24.4 Å². The van der Waals surface area contributed by atoms with Crippen molar-refractivity contribution in [3.63, 3.8) is 0 Å². The van der Waals surface area contributed by atoms with Gasteiger partial charge in [-0.3, -0.25) is 4.90 Å². The van der Waals surface area contributed by atoms with E-state index in [1.54, 1.807) is 18.9 Å². The molecule has 1 heterocycles. The minimum absolute atomic E-state index is 0.113. The van der Waals surface area contributed by atoms with E-state index in [0.717, 1.165) is 17.7 Å². The number of carbonyl (C=O) groups excluding carboxylic acids is 1. The van der Waals surface area contributed by atoms with Gasteiger partial charge >= 0.3 is 5.97 Å². The second kappa shape index (κ2) is 8.71. The van der Waals surface area contributed by atoms with Gasteiger partial charge in [-0.05, 0) is 43.8 Å². The number of nitrogens with zero attached hydrogens (tertiary/aromatic N) is 3. The average molecular weight is 387 g/mol. The van der Waals surface area contributed by atoms with E-state index < -0.39 is 23.6 Å². The first-order valence-electron chi connectivity index (χ1n) is 8.69. The molecule has 1 aromatic heterocycles. The Morgan fingerprint density at radius 2 is 1.89 bits per heavy atom. The van der Waals surface area contributed by atoms with Crippen molar-refractivity contribution in [1.29, 1.82) is 0 Å². The summed E-state index contributed by atoms with van der Waals surface area (Å²) in [4.78, 5) is 14.0. The third-order valence-corrected chi connectivity index (χ3v) is 4.08. The summed E-state index contributed by atoms with van der Waals surface area (Å²) in [5, 5.41) is 8.01. The highest BCUT2D eigenvalue weighted by Crippen LogP contribution is 2.25. The number of aromatic nitrogens is 2. The maximum Gasteiger partial charge on any atom is 0.328 e. The van der Waals surface area contributed by atoms with Gasteiger partial charge < -0.3 is 9.15 Å². The fourth-order valence-corrected chi connectivity index (χ4v) is 2.79. The molecule has 1 atom stereocenters. The standard InChI is InChI=1S/C20H19F2N3O3/c1-3-27-20(26)18(14-9-10-15(21)16(22)11-14)25(2)12-17-23-24-19(28-17)13-7-5-4-6-8-13/h4-11,18H,3,12H2,1-2H3/t18-/m0/s1. The smallest absolute Gasteiger partial charge is 0.328 e. The van der Waals surface area contributed by atoms with Crippen molar-refractivity contribution >= 4 is 5.97 Å². The Labute approximate surface area is 160 Å². The monoisotopic (exact) mass is 387 g/mol. The molecule has 3 aromatic rings. The summed E-state index contributed by atoms with van der Waals surface area (Å²) >= 11 is 0. The van der Waals surface area contributed by atoms with Crippen LogP contribution in [0.3, 0.4) is 0 Å². The number of carbonyl (C=O) groups is 1. The van der Waals surface area contributed by atoms with Crippen LogP contribution in [0.25, 0.3) is 11.5 Å². The van der Waals surface area contributed by atoms with Crippen LogP contribution < -0.4 is 0 Å². The number of ether oxygens (including phenoxy) is 1. The van der Waals surface area contributed by atoms with Gasteiger partial charge in [-0.25, -0.2) is 13.6 Å². The van der Waals surface area contributed by atoms with Gasteiger partial charge in [0, 0.05) is 5.56 Å². The van der Waals surface area contributed by atoms with Gasteiger partial charge in [0.2, 0.25) is 11.8 Å². The van der Waals surface area contributed by atoms with Crippen LogP contribution in [0.5, 0.6) is 0 Å². The van der Waals surface area contributed by atoms with Crippen LogP contribution in [-0.2, 0) is 16.1 Å². The number of benzene rings is 2. The van der Waals surface area contributed by atoms with Crippen LogP contribution in [0.15, 0.2) is 52.9 Å². The van der Waals surface area contributed by atoms with Crippen LogP contribution >= 0.6 is 0 Å². The molecule has 0 aliphatic rings. The number of rotatable bonds is 7. The van der Waals surface area contributed by atoms with Crippen LogP contribution in [-0.4, -0.2) is 34.7 Å².